The molecule has 1 saturated heterocycles. The van der Waals surface area contributed by atoms with Crippen LogP contribution in [0.15, 0.2) is 70.6 Å². The van der Waals surface area contributed by atoms with Crippen molar-refractivity contribution in [1.82, 2.24) is 14.7 Å². The minimum Gasteiger partial charge on any atom is -0.293 e. The molecule has 0 unspecified atom stereocenters. The second-order valence-electron chi connectivity index (χ2n) is 9.19. The summed E-state index contributed by atoms with van der Waals surface area (Å²) in [4.78, 5) is 17.0. The summed E-state index contributed by atoms with van der Waals surface area (Å²) in [6.07, 6.45) is 12.2. The number of carbonyl (C=O) groups excluding carboxylic acids is 1. The van der Waals surface area contributed by atoms with E-state index < -0.39 is 0 Å². The summed E-state index contributed by atoms with van der Waals surface area (Å²) < 4.78 is 2.54. The average Bonchev–Trinajstić information content (AvgIpc) is 3.46. The summed E-state index contributed by atoms with van der Waals surface area (Å²) in [5.74, 6) is 1.11. The normalized spacial score (nSPS) is 14.8. The summed E-state index contributed by atoms with van der Waals surface area (Å²) >= 11 is 8.85. The molecule has 0 saturated carbocycles. The summed E-state index contributed by atoms with van der Waals surface area (Å²) in [6, 6.07) is 18.6. The van der Waals surface area contributed by atoms with E-state index >= 15 is 0 Å². The number of hydrogen-bond acceptors (Lipinski definition) is 5. The number of thioether (sulfide) groups is 2. The molecule has 1 aliphatic rings. The first-order chi connectivity index (χ1) is 18.1. The fourth-order valence-corrected chi connectivity index (χ4v) is 6.31. The molecular formula is C30H35N3OS3. The van der Waals surface area contributed by atoms with E-state index in [-0.39, 0.29) is 5.91 Å². The van der Waals surface area contributed by atoms with Gasteiger partial charge in [0.25, 0.3) is 5.91 Å². The van der Waals surface area contributed by atoms with E-state index in [0.717, 1.165) is 47.5 Å². The predicted molar refractivity (Wildman–Crippen MR) is 163 cm³/mol. The van der Waals surface area contributed by atoms with Gasteiger partial charge in [0.05, 0.1) is 16.3 Å². The Balaban J connectivity index is 1.57. The molecule has 4 nitrogen and oxygen atoms in total. The summed E-state index contributed by atoms with van der Waals surface area (Å²) in [5, 5.41) is 4.93. The Hall–Kier alpha value is -2.35. The number of aromatic nitrogens is 2. The lowest BCUT2D eigenvalue weighted by Gasteiger charge is -2.13. The topological polar surface area (TPSA) is 38.1 Å². The molecule has 0 aliphatic carbocycles. The number of nitrogens with zero attached hydrogens (tertiary/aromatic N) is 3. The van der Waals surface area contributed by atoms with Crippen LogP contribution < -0.4 is 0 Å². The minimum absolute atomic E-state index is 0.00767. The van der Waals surface area contributed by atoms with Crippen LogP contribution in [0.1, 0.15) is 64.4 Å². The van der Waals surface area contributed by atoms with Gasteiger partial charge in [-0.3, -0.25) is 9.69 Å². The highest BCUT2D eigenvalue weighted by molar-refractivity contribution is 8.26. The first-order valence-corrected chi connectivity index (χ1v) is 15.5. The van der Waals surface area contributed by atoms with Crippen LogP contribution in [0, 0.1) is 0 Å². The molecule has 7 heteroatoms. The third-order valence-corrected chi connectivity index (χ3v) is 8.85. The predicted octanol–water partition coefficient (Wildman–Crippen LogP) is 8.60. The number of amides is 1. The van der Waals surface area contributed by atoms with Crippen molar-refractivity contribution in [2.45, 2.75) is 63.7 Å². The van der Waals surface area contributed by atoms with Crippen molar-refractivity contribution in [1.29, 1.82) is 0 Å². The molecule has 194 valence electrons. The third kappa shape index (κ3) is 7.37. The highest BCUT2D eigenvalue weighted by Crippen LogP contribution is 2.35. The van der Waals surface area contributed by atoms with E-state index in [0.29, 0.717) is 15.8 Å². The number of unbranched alkanes of at least 4 members (excludes halogenated alkanes) is 5. The second-order valence-corrected chi connectivity index (χ2v) is 12.0. The molecule has 1 fully saturated rings. The molecule has 37 heavy (non-hydrogen) atoms. The number of carbonyl (C=O) groups is 1. The van der Waals surface area contributed by atoms with Crippen LogP contribution in [0.3, 0.4) is 0 Å². The van der Waals surface area contributed by atoms with Gasteiger partial charge in [0.1, 0.15) is 4.32 Å². The lowest BCUT2D eigenvalue weighted by atomic mass is 10.1. The Morgan fingerprint density at radius 1 is 0.946 bits per heavy atom. The average molecular weight is 550 g/mol. The number of rotatable bonds is 13. The Bertz CT molecular complexity index is 1220. The number of thiocarbonyl (C=S) groups is 1. The molecule has 3 aromatic rings. The fraction of sp³-hybridized carbons (Fsp3) is 0.367. The molecule has 2 aromatic carbocycles. The quantitative estimate of drug-likeness (QED) is 0.0923. The van der Waals surface area contributed by atoms with Gasteiger partial charge in [-0.15, -0.1) is 11.8 Å². The zero-order valence-corrected chi connectivity index (χ0v) is 24.1. The smallest absolute Gasteiger partial charge is 0.266 e. The van der Waals surface area contributed by atoms with Gasteiger partial charge in [-0.1, -0.05) is 100 Å². The molecule has 0 N–H and O–H groups in total. The second kappa shape index (κ2) is 14.0. The maximum atomic E-state index is 13.3. The fourth-order valence-electron chi connectivity index (χ4n) is 4.24. The van der Waals surface area contributed by atoms with Crippen molar-refractivity contribution in [2.75, 3.05) is 12.3 Å². The Morgan fingerprint density at radius 3 is 2.41 bits per heavy atom. The zero-order valence-electron chi connectivity index (χ0n) is 21.7. The Kier molecular flexibility index (Phi) is 10.5. The van der Waals surface area contributed by atoms with Gasteiger partial charge in [-0.05, 0) is 48.9 Å². The van der Waals surface area contributed by atoms with Crippen LogP contribution in [-0.4, -0.2) is 37.2 Å². The standard InChI is InChI=1S/C30H35N3OS3/c1-3-5-6-7-8-12-19-32-29(34)27(37-30(32)35)21-24-22-33(25-13-10-9-11-14-25)31-28(24)23-15-17-26(18-16-23)36-20-4-2/h9-11,13-18,21-22H,3-8,12,19-20H2,1-2H3/b27-21-. The summed E-state index contributed by atoms with van der Waals surface area (Å²) in [7, 11) is 0. The summed E-state index contributed by atoms with van der Waals surface area (Å²) in [6.45, 7) is 5.12. The number of hydrogen-bond donors (Lipinski definition) is 0. The van der Waals surface area contributed by atoms with Gasteiger partial charge < -0.3 is 0 Å². The van der Waals surface area contributed by atoms with E-state index in [1.54, 1.807) is 4.90 Å². The van der Waals surface area contributed by atoms with Gasteiger partial charge in [0, 0.05) is 28.8 Å². The largest absolute Gasteiger partial charge is 0.293 e. The van der Waals surface area contributed by atoms with Crippen molar-refractivity contribution in [2.24, 2.45) is 0 Å². The van der Waals surface area contributed by atoms with Gasteiger partial charge in [-0.25, -0.2) is 4.68 Å². The van der Waals surface area contributed by atoms with E-state index in [4.69, 9.17) is 17.3 Å². The van der Waals surface area contributed by atoms with Crippen molar-refractivity contribution in [3.05, 3.63) is 71.3 Å². The maximum Gasteiger partial charge on any atom is 0.266 e. The van der Waals surface area contributed by atoms with Crippen LogP contribution in [-0.2, 0) is 4.79 Å². The van der Waals surface area contributed by atoms with E-state index in [1.807, 2.05) is 59.0 Å². The lowest BCUT2D eigenvalue weighted by Crippen LogP contribution is -2.29. The zero-order chi connectivity index (χ0) is 26.0. The van der Waals surface area contributed by atoms with Crippen molar-refractivity contribution >= 4 is 52.0 Å². The number of benzene rings is 2. The van der Waals surface area contributed by atoms with E-state index in [2.05, 4.69) is 38.1 Å². The van der Waals surface area contributed by atoms with Crippen LogP contribution in [0.5, 0.6) is 0 Å². The van der Waals surface area contributed by atoms with Crippen molar-refractivity contribution < 1.29 is 4.79 Å². The first kappa shape index (κ1) is 27.7. The van der Waals surface area contributed by atoms with Crippen molar-refractivity contribution in [3.8, 4) is 16.9 Å². The third-order valence-electron chi connectivity index (χ3n) is 6.26. The van der Waals surface area contributed by atoms with E-state index in [9.17, 15) is 4.79 Å². The molecular weight excluding hydrogens is 515 g/mol. The van der Waals surface area contributed by atoms with Crippen LogP contribution in [0.2, 0.25) is 0 Å². The monoisotopic (exact) mass is 549 g/mol. The minimum atomic E-state index is 0.00767. The summed E-state index contributed by atoms with van der Waals surface area (Å²) in [5.41, 5.74) is 3.79. The molecule has 1 amide bonds. The number of para-hydroxylation sites is 1. The SMILES string of the molecule is CCCCCCCCN1C(=O)/C(=C/c2cn(-c3ccccc3)nc2-c2ccc(SCCC)cc2)SC1=S. The highest BCUT2D eigenvalue weighted by atomic mass is 32.2. The molecule has 0 radical (unpaired) electrons. The molecule has 1 aliphatic heterocycles. The molecule has 0 bridgehead atoms. The van der Waals surface area contributed by atoms with Gasteiger partial charge >= 0.3 is 0 Å². The molecule has 0 spiro atoms. The maximum absolute atomic E-state index is 13.3. The Morgan fingerprint density at radius 2 is 1.68 bits per heavy atom. The van der Waals surface area contributed by atoms with Crippen LogP contribution in [0.4, 0.5) is 0 Å². The van der Waals surface area contributed by atoms with Crippen LogP contribution >= 0.6 is 35.7 Å². The lowest BCUT2D eigenvalue weighted by molar-refractivity contribution is -0.122. The van der Waals surface area contributed by atoms with Gasteiger partial charge in [0.2, 0.25) is 0 Å². The van der Waals surface area contributed by atoms with Gasteiger partial charge in [-0.2, -0.15) is 5.10 Å². The molecule has 0 atom stereocenters. The van der Waals surface area contributed by atoms with Crippen LogP contribution in [0.25, 0.3) is 23.0 Å². The molecule has 4 rings (SSSR count). The van der Waals surface area contributed by atoms with Gasteiger partial charge in [0.15, 0.2) is 0 Å². The molecule has 1 aromatic heterocycles. The molecule has 2 heterocycles. The highest BCUT2D eigenvalue weighted by Gasteiger charge is 2.32. The van der Waals surface area contributed by atoms with Crippen molar-refractivity contribution in [3.63, 3.8) is 0 Å². The first-order valence-electron chi connectivity index (χ1n) is 13.2. The van der Waals surface area contributed by atoms with E-state index in [1.165, 1.54) is 42.3 Å². The Labute approximate surface area is 234 Å².